The Morgan fingerprint density at radius 1 is 1.43 bits per heavy atom. The Morgan fingerprint density at radius 2 is 2.07 bits per heavy atom. The molecule has 1 atom stereocenters. The summed E-state index contributed by atoms with van der Waals surface area (Å²) in [5.74, 6) is 0.265. The van der Waals surface area contributed by atoms with E-state index in [9.17, 15) is 5.11 Å². The maximum absolute atomic E-state index is 9.73. The van der Waals surface area contributed by atoms with Gasteiger partial charge in [-0.25, -0.2) is 0 Å². The highest BCUT2D eigenvalue weighted by Crippen LogP contribution is 2.23. The van der Waals surface area contributed by atoms with Gasteiger partial charge in [-0.2, -0.15) is 0 Å². The zero-order valence-corrected chi connectivity index (χ0v) is 10.6. The smallest absolute Gasteiger partial charge is 0.0603 e. The second kappa shape index (κ2) is 5.15. The van der Waals surface area contributed by atoms with Gasteiger partial charge in [0.1, 0.15) is 0 Å². The highest BCUT2D eigenvalue weighted by molar-refractivity contribution is 9.10. The minimum atomic E-state index is -0.315. The lowest BCUT2D eigenvalue weighted by Crippen LogP contribution is -2.17. The average Bonchev–Trinajstić information content (AvgIpc) is 2.11. The van der Waals surface area contributed by atoms with E-state index in [1.54, 1.807) is 0 Å². The average molecular weight is 278 g/mol. The Balaban J connectivity index is 2.80. The molecule has 1 rings (SSSR count). The predicted molar refractivity (Wildman–Crippen MR) is 63.7 cm³/mol. The first-order valence-corrected chi connectivity index (χ1v) is 5.79. The molecule has 0 aromatic heterocycles. The van der Waals surface area contributed by atoms with Gasteiger partial charge in [0, 0.05) is 9.50 Å². The van der Waals surface area contributed by atoms with Gasteiger partial charge in [0.05, 0.1) is 6.10 Å². The molecule has 14 heavy (non-hydrogen) atoms. The van der Waals surface area contributed by atoms with Gasteiger partial charge in [-0.3, -0.25) is 0 Å². The van der Waals surface area contributed by atoms with Crippen LogP contribution in [0.25, 0.3) is 0 Å². The standard InChI is InChI=1S/C11H14BrClO/c1-7(2)11(14)6-8-5-9(13)3-4-10(8)12/h3-5,7,11,14H,6H2,1-2H3. The third-order valence-corrected chi connectivity index (χ3v) is 3.22. The Bertz CT molecular complexity index is 312. The van der Waals surface area contributed by atoms with Gasteiger partial charge in [0.25, 0.3) is 0 Å². The monoisotopic (exact) mass is 276 g/mol. The summed E-state index contributed by atoms with van der Waals surface area (Å²) in [7, 11) is 0. The van der Waals surface area contributed by atoms with Crippen LogP contribution >= 0.6 is 27.5 Å². The highest BCUT2D eigenvalue weighted by atomic mass is 79.9. The van der Waals surface area contributed by atoms with E-state index in [-0.39, 0.29) is 12.0 Å². The van der Waals surface area contributed by atoms with Gasteiger partial charge in [-0.05, 0) is 36.1 Å². The van der Waals surface area contributed by atoms with Crippen LogP contribution in [0.15, 0.2) is 22.7 Å². The van der Waals surface area contributed by atoms with Crippen LogP contribution in [-0.2, 0) is 6.42 Å². The van der Waals surface area contributed by atoms with E-state index in [0.717, 1.165) is 10.0 Å². The number of hydrogen-bond acceptors (Lipinski definition) is 1. The van der Waals surface area contributed by atoms with Crippen molar-refractivity contribution in [3.8, 4) is 0 Å². The van der Waals surface area contributed by atoms with E-state index in [1.165, 1.54) is 0 Å². The van der Waals surface area contributed by atoms with Gasteiger partial charge in [0.2, 0.25) is 0 Å². The fourth-order valence-corrected chi connectivity index (χ4v) is 1.76. The maximum Gasteiger partial charge on any atom is 0.0603 e. The molecule has 78 valence electrons. The zero-order chi connectivity index (χ0) is 10.7. The lowest BCUT2D eigenvalue weighted by Gasteiger charge is -2.15. The van der Waals surface area contributed by atoms with Crippen molar-refractivity contribution in [2.75, 3.05) is 0 Å². The van der Waals surface area contributed by atoms with Crippen LogP contribution in [0, 0.1) is 5.92 Å². The first kappa shape index (κ1) is 12.0. The van der Waals surface area contributed by atoms with Crippen LogP contribution in [0.1, 0.15) is 19.4 Å². The van der Waals surface area contributed by atoms with E-state index in [0.29, 0.717) is 11.4 Å². The molecule has 0 aliphatic heterocycles. The van der Waals surface area contributed by atoms with Gasteiger partial charge in [-0.15, -0.1) is 0 Å². The third kappa shape index (κ3) is 3.26. The molecule has 0 fully saturated rings. The number of aliphatic hydroxyl groups is 1. The quantitative estimate of drug-likeness (QED) is 0.894. The van der Waals surface area contributed by atoms with Crippen molar-refractivity contribution in [2.24, 2.45) is 5.92 Å². The van der Waals surface area contributed by atoms with Crippen molar-refractivity contribution in [3.63, 3.8) is 0 Å². The molecule has 0 heterocycles. The van der Waals surface area contributed by atoms with Gasteiger partial charge >= 0.3 is 0 Å². The third-order valence-electron chi connectivity index (χ3n) is 2.21. The Kier molecular flexibility index (Phi) is 4.42. The highest BCUT2D eigenvalue weighted by Gasteiger charge is 2.12. The van der Waals surface area contributed by atoms with Crippen LogP contribution in [0.4, 0.5) is 0 Å². The molecule has 0 saturated carbocycles. The molecule has 1 aromatic carbocycles. The molecule has 1 aromatic rings. The van der Waals surface area contributed by atoms with Gasteiger partial charge in [0.15, 0.2) is 0 Å². The summed E-state index contributed by atoms with van der Waals surface area (Å²) in [5.41, 5.74) is 1.05. The second-order valence-electron chi connectivity index (χ2n) is 3.75. The number of rotatable bonds is 3. The van der Waals surface area contributed by atoms with Crippen molar-refractivity contribution in [2.45, 2.75) is 26.4 Å². The van der Waals surface area contributed by atoms with Crippen LogP contribution in [-0.4, -0.2) is 11.2 Å². The largest absolute Gasteiger partial charge is 0.393 e. The minimum absolute atomic E-state index is 0.265. The van der Waals surface area contributed by atoms with E-state index in [2.05, 4.69) is 15.9 Å². The van der Waals surface area contributed by atoms with Crippen molar-refractivity contribution < 1.29 is 5.11 Å². The minimum Gasteiger partial charge on any atom is -0.393 e. The van der Waals surface area contributed by atoms with E-state index in [1.807, 2.05) is 32.0 Å². The molecule has 0 aliphatic carbocycles. The SMILES string of the molecule is CC(C)C(O)Cc1cc(Cl)ccc1Br. The van der Waals surface area contributed by atoms with Crippen molar-refractivity contribution in [3.05, 3.63) is 33.3 Å². The summed E-state index contributed by atoms with van der Waals surface area (Å²) in [4.78, 5) is 0. The number of aliphatic hydroxyl groups excluding tert-OH is 1. The first-order valence-electron chi connectivity index (χ1n) is 4.62. The summed E-state index contributed by atoms with van der Waals surface area (Å²) < 4.78 is 1.00. The fourth-order valence-electron chi connectivity index (χ4n) is 1.16. The molecular formula is C11H14BrClO. The lowest BCUT2D eigenvalue weighted by molar-refractivity contribution is 0.125. The lowest BCUT2D eigenvalue weighted by atomic mass is 9.99. The molecule has 0 saturated heterocycles. The van der Waals surface area contributed by atoms with Crippen LogP contribution in [0.3, 0.4) is 0 Å². The predicted octanol–water partition coefficient (Wildman–Crippen LogP) is 3.66. The topological polar surface area (TPSA) is 20.2 Å². The Labute approximate surface area is 98.2 Å². The van der Waals surface area contributed by atoms with E-state index in [4.69, 9.17) is 11.6 Å². The molecule has 0 spiro atoms. The molecule has 1 nitrogen and oxygen atoms in total. The molecule has 0 aliphatic rings. The fraction of sp³-hybridized carbons (Fsp3) is 0.455. The van der Waals surface area contributed by atoms with Crippen molar-refractivity contribution in [1.82, 2.24) is 0 Å². The molecule has 1 N–H and O–H groups in total. The molecule has 1 unspecified atom stereocenters. The van der Waals surface area contributed by atoms with Crippen molar-refractivity contribution in [1.29, 1.82) is 0 Å². The zero-order valence-electron chi connectivity index (χ0n) is 8.30. The molecular weight excluding hydrogens is 263 g/mol. The number of halogens is 2. The summed E-state index contributed by atoms with van der Waals surface area (Å²) in [6, 6.07) is 5.62. The summed E-state index contributed by atoms with van der Waals surface area (Å²) >= 11 is 9.32. The van der Waals surface area contributed by atoms with E-state index < -0.39 is 0 Å². The number of hydrogen-bond donors (Lipinski definition) is 1. The second-order valence-corrected chi connectivity index (χ2v) is 5.04. The van der Waals surface area contributed by atoms with Crippen LogP contribution < -0.4 is 0 Å². The van der Waals surface area contributed by atoms with Gasteiger partial charge < -0.3 is 5.11 Å². The molecule has 0 radical (unpaired) electrons. The molecule has 3 heteroatoms. The Hall–Kier alpha value is -0.0500. The van der Waals surface area contributed by atoms with Crippen molar-refractivity contribution >= 4 is 27.5 Å². The van der Waals surface area contributed by atoms with E-state index >= 15 is 0 Å². The van der Waals surface area contributed by atoms with Crippen LogP contribution in [0.2, 0.25) is 5.02 Å². The molecule has 0 amide bonds. The summed E-state index contributed by atoms with van der Waals surface area (Å²) in [5, 5.41) is 10.4. The normalized spacial score (nSPS) is 13.3. The van der Waals surface area contributed by atoms with Gasteiger partial charge in [-0.1, -0.05) is 41.4 Å². The summed E-state index contributed by atoms with van der Waals surface area (Å²) in [6.45, 7) is 4.01. The molecule has 0 bridgehead atoms. The first-order chi connectivity index (χ1) is 6.50. The maximum atomic E-state index is 9.73. The summed E-state index contributed by atoms with van der Waals surface area (Å²) in [6.07, 6.45) is 0.323. The number of benzene rings is 1. The van der Waals surface area contributed by atoms with Crippen LogP contribution in [0.5, 0.6) is 0 Å². The Morgan fingerprint density at radius 3 is 2.64 bits per heavy atom.